The quantitative estimate of drug-likeness (QED) is 0.823. The van der Waals surface area contributed by atoms with Gasteiger partial charge in [-0.2, -0.15) is 4.98 Å². The number of anilines is 2. The van der Waals surface area contributed by atoms with Gasteiger partial charge in [0.25, 0.3) is 0 Å². The zero-order valence-electron chi connectivity index (χ0n) is 13.7. The number of hydrogen-bond acceptors (Lipinski definition) is 4. The molecule has 114 valence electrons. The zero-order valence-corrected chi connectivity index (χ0v) is 13.7. The lowest BCUT2D eigenvalue weighted by Gasteiger charge is -2.23. The molecule has 0 aliphatic rings. The first kappa shape index (κ1) is 16.6. The zero-order chi connectivity index (χ0) is 15.3. The average Bonchev–Trinajstić information content (AvgIpc) is 2.31. The molecule has 0 aliphatic carbocycles. The molecule has 1 heterocycles. The summed E-state index contributed by atoms with van der Waals surface area (Å²) in [4.78, 5) is 4.47. The molecule has 1 aromatic heterocycles. The lowest BCUT2D eigenvalue weighted by Crippen LogP contribution is -2.25. The standard InChI is InChI=1S/C16H29N3O/c1-7-11(2)10-12(3)18-14-9-8-13(17)15(19-14)20-16(4,5)6/h8-9,11-12H,7,10,17H2,1-6H3,(H,18,19). The van der Waals surface area contributed by atoms with Crippen molar-refractivity contribution in [3.8, 4) is 5.88 Å². The minimum absolute atomic E-state index is 0.303. The van der Waals surface area contributed by atoms with E-state index < -0.39 is 0 Å². The molecule has 0 bridgehead atoms. The third kappa shape index (κ3) is 5.68. The Balaban J connectivity index is 2.74. The Morgan fingerprint density at radius 3 is 2.50 bits per heavy atom. The highest BCUT2D eigenvalue weighted by atomic mass is 16.5. The number of nitrogens with two attached hydrogens (primary N) is 1. The molecule has 4 nitrogen and oxygen atoms in total. The summed E-state index contributed by atoms with van der Waals surface area (Å²) < 4.78 is 5.78. The molecule has 0 aliphatic heterocycles. The lowest BCUT2D eigenvalue weighted by molar-refractivity contribution is 0.125. The van der Waals surface area contributed by atoms with E-state index in [1.165, 1.54) is 6.42 Å². The smallest absolute Gasteiger partial charge is 0.239 e. The predicted octanol–water partition coefficient (Wildman–Crippen LogP) is 4.08. The van der Waals surface area contributed by atoms with E-state index in [1.54, 1.807) is 0 Å². The fourth-order valence-electron chi connectivity index (χ4n) is 1.98. The summed E-state index contributed by atoms with van der Waals surface area (Å²) >= 11 is 0. The molecule has 20 heavy (non-hydrogen) atoms. The topological polar surface area (TPSA) is 60.2 Å². The van der Waals surface area contributed by atoms with Gasteiger partial charge in [-0.1, -0.05) is 20.3 Å². The molecule has 2 unspecified atom stereocenters. The van der Waals surface area contributed by atoms with Crippen molar-refractivity contribution in [2.45, 2.75) is 66.0 Å². The fraction of sp³-hybridized carbons (Fsp3) is 0.688. The maximum Gasteiger partial charge on any atom is 0.239 e. The van der Waals surface area contributed by atoms with Gasteiger partial charge in [0.05, 0.1) is 5.69 Å². The summed E-state index contributed by atoms with van der Waals surface area (Å²) in [6.07, 6.45) is 2.32. The molecular formula is C16H29N3O. The Bertz CT molecular complexity index is 426. The minimum Gasteiger partial charge on any atom is -0.470 e. The summed E-state index contributed by atoms with van der Waals surface area (Å²) in [5.74, 6) is 2.02. The SMILES string of the molecule is CCC(C)CC(C)Nc1ccc(N)c(OC(C)(C)C)n1. The van der Waals surface area contributed by atoms with Crippen LogP contribution in [0.15, 0.2) is 12.1 Å². The maximum atomic E-state index is 5.91. The Morgan fingerprint density at radius 1 is 1.30 bits per heavy atom. The first-order valence-electron chi connectivity index (χ1n) is 7.43. The first-order chi connectivity index (χ1) is 9.21. The van der Waals surface area contributed by atoms with Crippen molar-refractivity contribution < 1.29 is 4.74 Å². The van der Waals surface area contributed by atoms with E-state index in [-0.39, 0.29) is 5.60 Å². The molecule has 0 saturated carbocycles. The van der Waals surface area contributed by atoms with Gasteiger partial charge in [0.15, 0.2) is 0 Å². The second kappa shape index (κ2) is 6.82. The number of pyridine rings is 1. The van der Waals surface area contributed by atoms with Gasteiger partial charge in [-0.3, -0.25) is 0 Å². The van der Waals surface area contributed by atoms with E-state index in [2.05, 4.69) is 31.1 Å². The molecule has 1 aromatic rings. The molecule has 0 amide bonds. The van der Waals surface area contributed by atoms with Gasteiger partial charge in [-0.25, -0.2) is 0 Å². The second-order valence-electron chi connectivity index (χ2n) is 6.60. The van der Waals surface area contributed by atoms with E-state index in [0.29, 0.717) is 23.5 Å². The minimum atomic E-state index is -0.303. The number of nitrogens with one attached hydrogen (secondary N) is 1. The molecule has 0 fully saturated rings. The Kier molecular flexibility index (Phi) is 5.66. The van der Waals surface area contributed by atoms with Crippen LogP contribution in [0.1, 0.15) is 54.4 Å². The van der Waals surface area contributed by atoms with Gasteiger partial charge in [0, 0.05) is 6.04 Å². The Morgan fingerprint density at radius 2 is 1.95 bits per heavy atom. The highest BCUT2D eigenvalue weighted by Crippen LogP contribution is 2.25. The average molecular weight is 279 g/mol. The van der Waals surface area contributed by atoms with Crippen LogP contribution in [0.25, 0.3) is 0 Å². The molecule has 2 atom stereocenters. The molecule has 1 rings (SSSR count). The van der Waals surface area contributed by atoms with Gasteiger partial charge >= 0.3 is 0 Å². The van der Waals surface area contributed by atoms with Crippen molar-refractivity contribution >= 4 is 11.5 Å². The van der Waals surface area contributed by atoms with E-state index >= 15 is 0 Å². The maximum absolute atomic E-state index is 5.91. The van der Waals surface area contributed by atoms with Crippen LogP contribution in [0.5, 0.6) is 5.88 Å². The van der Waals surface area contributed by atoms with Gasteiger partial charge in [0.2, 0.25) is 5.88 Å². The molecule has 0 aromatic carbocycles. The molecule has 0 spiro atoms. The van der Waals surface area contributed by atoms with Crippen molar-refractivity contribution in [2.75, 3.05) is 11.1 Å². The van der Waals surface area contributed by atoms with Gasteiger partial charge in [0.1, 0.15) is 11.4 Å². The number of nitrogens with zero attached hydrogens (tertiary/aromatic N) is 1. The number of hydrogen-bond donors (Lipinski definition) is 2. The number of rotatable bonds is 6. The summed E-state index contributed by atoms with van der Waals surface area (Å²) in [6, 6.07) is 4.12. The van der Waals surface area contributed by atoms with Crippen LogP contribution in [-0.2, 0) is 0 Å². The fourth-order valence-corrected chi connectivity index (χ4v) is 1.98. The molecule has 0 radical (unpaired) electrons. The first-order valence-corrected chi connectivity index (χ1v) is 7.43. The predicted molar refractivity (Wildman–Crippen MR) is 86.2 cm³/mol. The van der Waals surface area contributed by atoms with E-state index in [1.807, 2.05) is 32.9 Å². The van der Waals surface area contributed by atoms with Crippen LogP contribution in [0.4, 0.5) is 11.5 Å². The van der Waals surface area contributed by atoms with Crippen LogP contribution in [-0.4, -0.2) is 16.6 Å². The van der Waals surface area contributed by atoms with Gasteiger partial charge in [-0.15, -0.1) is 0 Å². The highest BCUT2D eigenvalue weighted by Gasteiger charge is 2.16. The number of aromatic nitrogens is 1. The third-order valence-electron chi connectivity index (χ3n) is 3.14. The summed E-state index contributed by atoms with van der Waals surface area (Å²) in [5, 5.41) is 3.41. The van der Waals surface area contributed by atoms with Gasteiger partial charge < -0.3 is 15.8 Å². The second-order valence-corrected chi connectivity index (χ2v) is 6.60. The van der Waals surface area contributed by atoms with Gasteiger partial charge in [-0.05, 0) is 52.2 Å². The molecule has 3 N–H and O–H groups in total. The number of ether oxygens (including phenoxy) is 1. The van der Waals surface area contributed by atoms with Crippen LogP contribution in [0, 0.1) is 5.92 Å². The summed E-state index contributed by atoms with van der Waals surface area (Å²) in [7, 11) is 0. The van der Waals surface area contributed by atoms with Crippen molar-refractivity contribution in [1.82, 2.24) is 4.98 Å². The largest absolute Gasteiger partial charge is 0.470 e. The normalized spacial score (nSPS) is 14.7. The third-order valence-corrected chi connectivity index (χ3v) is 3.14. The van der Waals surface area contributed by atoms with Crippen LogP contribution in [0.2, 0.25) is 0 Å². The van der Waals surface area contributed by atoms with E-state index in [4.69, 9.17) is 10.5 Å². The van der Waals surface area contributed by atoms with E-state index in [9.17, 15) is 0 Å². The van der Waals surface area contributed by atoms with Crippen LogP contribution in [0.3, 0.4) is 0 Å². The van der Waals surface area contributed by atoms with Crippen molar-refractivity contribution in [2.24, 2.45) is 5.92 Å². The monoisotopic (exact) mass is 279 g/mol. The summed E-state index contributed by atoms with van der Waals surface area (Å²) in [6.45, 7) is 12.6. The number of nitrogen functional groups attached to an aromatic ring is 1. The van der Waals surface area contributed by atoms with Crippen molar-refractivity contribution in [1.29, 1.82) is 0 Å². The summed E-state index contributed by atoms with van der Waals surface area (Å²) in [5.41, 5.74) is 6.18. The Labute approximate surface area is 123 Å². The van der Waals surface area contributed by atoms with Crippen molar-refractivity contribution in [3.05, 3.63) is 12.1 Å². The van der Waals surface area contributed by atoms with Crippen LogP contribution >= 0.6 is 0 Å². The highest BCUT2D eigenvalue weighted by molar-refractivity contribution is 5.54. The molecule has 4 heteroatoms. The lowest BCUT2D eigenvalue weighted by atomic mass is 10.0. The molecular weight excluding hydrogens is 250 g/mol. The molecule has 0 saturated heterocycles. The Hall–Kier alpha value is -1.45. The van der Waals surface area contributed by atoms with Crippen LogP contribution < -0.4 is 15.8 Å². The van der Waals surface area contributed by atoms with E-state index in [0.717, 1.165) is 12.2 Å². The van der Waals surface area contributed by atoms with Crippen molar-refractivity contribution in [3.63, 3.8) is 0 Å².